The topological polar surface area (TPSA) is 0 Å². The summed E-state index contributed by atoms with van der Waals surface area (Å²) in [5.41, 5.74) is 8.05. The molecule has 1 fully saturated rings. The fraction of sp³-hybridized carbons (Fsp3) is 0.225. The molecule has 0 heterocycles. The zero-order chi connectivity index (χ0) is 30.3. The summed E-state index contributed by atoms with van der Waals surface area (Å²) < 4.78 is 1.52. The number of fused-ring (bicyclic) bond motifs is 2. The molecule has 6 aromatic rings. The van der Waals surface area contributed by atoms with E-state index in [4.69, 9.17) is 17.2 Å². The second-order valence-electron chi connectivity index (χ2n) is 11.9. The molecule has 3 heteroatoms. The Balaban J connectivity index is 0.000000141. The first kappa shape index (κ1) is 31.8. The van der Waals surface area contributed by atoms with Gasteiger partial charge in [0.2, 0.25) is 0 Å². The maximum atomic E-state index is 5.72. The summed E-state index contributed by atoms with van der Waals surface area (Å²) >= 11 is -1.92. The zero-order valence-electron chi connectivity index (χ0n) is 25.6. The van der Waals surface area contributed by atoms with Crippen LogP contribution in [0.3, 0.4) is 0 Å². The number of rotatable bonds is 4. The van der Waals surface area contributed by atoms with Gasteiger partial charge in [0.05, 0.1) is 0 Å². The summed E-state index contributed by atoms with van der Waals surface area (Å²) in [5.74, 6) is 1.18. The van der Waals surface area contributed by atoms with Crippen LogP contribution in [0.25, 0.3) is 43.8 Å². The predicted molar refractivity (Wildman–Crippen MR) is 189 cm³/mol. The van der Waals surface area contributed by atoms with Gasteiger partial charge in [0, 0.05) is 0 Å². The van der Waals surface area contributed by atoms with Crippen LogP contribution in [0, 0.1) is 0 Å². The van der Waals surface area contributed by atoms with Crippen molar-refractivity contribution in [1.82, 2.24) is 0 Å². The number of halogens is 2. The normalized spacial score (nSPS) is 12.5. The van der Waals surface area contributed by atoms with Crippen LogP contribution < -0.4 is 0 Å². The van der Waals surface area contributed by atoms with Crippen molar-refractivity contribution in [3.05, 3.63) is 132 Å². The van der Waals surface area contributed by atoms with E-state index in [1.54, 1.807) is 0 Å². The molecule has 0 radical (unpaired) electrons. The molecular weight excluding hydrogens is 730 g/mol. The van der Waals surface area contributed by atoms with Crippen molar-refractivity contribution in [3.63, 3.8) is 0 Å². The summed E-state index contributed by atoms with van der Waals surface area (Å²) in [5, 5.41) is 5.32. The molecule has 0 saturated heterocycles. The Kier molecular flexibility index (Phi) is 11.1. The van der Waals surface area contributed by atoms with Crippen LogP contribution in [0.15, 0.2) is 121 Å². The Morgan fingerprint density at radius 2 is 0.977 bits per heavy atom. The van der Waals surface area contributed by atoms with Gasteiger partial charge in [0.15, 0.2) is 0 Å². The molecule has 7 rings (SSSR count). The molecule has 0 atom stereocenters. The molecule has 220 valence electrons. The van der Waals surface area contributed by atoms with Crippen LogP contribution in [0.1, 0.15) is 69.9 Å². The Hall–Kier alpha value is -2.58. The fourth-order valence-corrected chi connectivity index (χ4v) is 11.2. The van der Waals surface area contributed by atoms with E-state index >= 15 is 0 Å². The maximum absolute atomic E-state index is 5.72. The summed E-state index contributed by atoms with van der Waals surface area (Å²) in [6.07, 6.45) is 3.83. The minimum absolute atomic E-state index is 0.591. The molecule has 0 aliphatic heterocycles. The van der Waals surface area contributed by atoms with Crippen molar-refractivity contribution >= 4 is 42.0 Å². The molecule has 0 nitrogen and oxygen atoms in total. The Bertz CT molecular complexity index is 1670. The van der Waals surface area contributed by atoms with Crippen LogP contribution in [0.2, 0.25) is 0 Å². The SMILES string of the molecule is CC(C)c1ccc(-c2cccc3[cH-]ccc23)cc1.CC(C)c1ccc(-c2cccc3[cH-]ccc23)cc1.[Cl][Hf]([Cl])=[C]1CCC1. The first-order valence-corrected chi connectivity index (χ1v) is 26.0. The van der Waals surface area contributed by atoms with Gasteiger partial charge in [0.1, 0.15) is 0 Å². The van der Waals surface area contributed by atoms with Crippen LogP contribution in [-0.2, 0) is 18.6 Å². The molecule has 6 aromatic carbocycles. The van der Waals surface area contributed by atoms with E-state index in [0.717, 1.165) is 0 Å². The molecule has 0 bridgehead atoms. The second-order valence-corrected chi connectivity index (χ2v) is 24.1. The van der Waals surface area contributed by atoms with Gasteiger partial charge >= 0.3 is 58.3 Å². The Morgan fingerprint density at radius 3 is 1.28 bits per heavy atom. The quantitative estimate of drug-likeness (QED) is 0.124. The number of benzene rings is 4. The van der Waals surface area contributed by atoms with E-state index in [-0.39, 0.29) is 0 Å². The van der Waals surface area contributed by atoms with Crippen molar-refractivity contribution in [2.75, 3.05) is 0 Å². The predicted octanol–water partition coefficient (Wildman–Crippen LogP) is 13.0. The number of hydrogen-bond donors (Lipinski definition) is 0. The van der Waals surface area contributed by atoms with Crippen molar-refractivity contribution in [3.8, 4) is 22.3 Å². The van der Waals surface area contributed by atoms with E-state index < -0.39 is 18.6 Å². The van der Waals surface area contributed by atoms with Crippen LogP contribution >= 0.6 is 17.2 Å². The number of hydrogen-bond acceptors (Lipinski definition) is 0. The van der Waals surface area contributed by atoms with E-state index in [1.165, 1.54) is 77.4 Å². The van der Waals surface area contributed by atoms with E-state index in [9.17, 15) is 0 Å². The van der Waals surface area contributed by atoms with Gasteiger partial charge in [-0.2, -0.15) is 24.3 Å². The van der Waals surface area contributed by atoms with Gasteiger partial charge < -0.3 is 0 Å². The van der Waals surface area contributed by atoms with Gasteiger partial charge in [-0.1, -0.05) is 99.5 Å². The molecule has 0 N–H and O–H groups in total. The molecule has 0 amide bonds. The molecule has 1 aliphatic carbocycles. The third kappa shape index (κ3) is 7.93. The molecule has 0 aromatic heterocycles. The minimum atomic E-state index is -1.92. The van der Waals surface area contributed by atoms with Gasteiger partial charge in [-0.15, -0.1) is 57.9 Å². The molecule has 0 spiro atoms. The summed E-state index contributed by atoms with van der Waals surface area (Å²) in [6.45, 7) is 8.92. The third-order valence-electron chi connectivity index (χ3n) is 8.36. The van der Waals surface area contributed by atoms with Crippen LogP contribution in [-0.4, -0.2) is 3.26 Å². The van der Waals surface area contributed by atoms with Crippen molar-refractivity contribution in [2.24, 2.45) is 0 Å². The van der Waals surface area contributed by atoms with Gasteiger partial charge in [-0.25, -0.2) is 0 Å². The van der Waals surface area contributed by atoms with E-state index in [2.05, 4.69) is 149 Å². The fourth-order valence-electron chi connectivity index (χ4n) is 5.47. The molecule has 1 saturated carbocycles. The summed E-state index contributed by atoms with van der Waals surface area (Å²) in [4.78, 5) is 0. The Labute approximate surface area is 272 Å². The average Bonchev–Trinajstić information content (AvgIpc) is 3.67. The average molecular weight is 770 g/mol. The Morgan fingerprint density at radius 1 is 0.558 bits per heavy atom. The monoisotopic (exact) mass is 770 g/mol. The van der Waals surface area contributed by atoms with Gasteiger partial charge in [-0.3, -0.25) is 0 Å². The first-order chi connectivity index (χ1) is 20.8. The standard InChI is InChI=1S/2C18H17.C4H6.2ClH.Hf/c2*1-13(2)14-9-11-16(12-10-14)18-8-4-6-15-5-3-7-17(15)18;1-2-4-3-1;;;/h2*3-13H,1-2H3;1-3H2;2*1H;/q2*-1;;;;+2/p-2. The van der Waals surface area contributed by atoms with Crippen molar-refractivity contribution < 1.29 is 18.6 Å². The van der Waals surface area contributed by atoms with Gasteiger partial charge in [-0.05, 0) is 34.1 Å². The second kappa shape index (κ2) is 14.9. The molecule has 0 unspecified atom stereocenters. The van der Waals surface area contributed by atoms with Crippen LogP contribution in [0.5, 0.6) is 0 Å². The van der Waals surface area contributed by atoms with E-state index in [1.807, 2.05) is 0 Å². The van der Waals surface area contributed by atoms with Crippen molar-refractivity contribution in [1.29, 1.82) is 0 Å². The molecular formula is C40H40Cl2Hf-2. The van der Waals surface area contributed by atoms with Gasteiger partial charge in [0.25, 0.3) is 0 Å². The summed E-state index contributed by atoms with van der Waals surface area (Å²) in [7, 11) is 11.4. The zero-order valence-corrected chi connectivity index (χ0v) is 30.7. The van der Waals surface area contributed by atoms with Crippen LogP contribution in [0.4, 0.5) is 0 Å². The third-order valence-corrected chi connectivity index (χ3v) is 16.5. The first-order valence-electron chi connectivity index (χ1n) is 15.3. The van der Waals surface area contributed by atoms with E-state index in [0.29, 0.717) is 11.8 Å². The van der Waals surface area contributed by atoms with Crippen molar-refractivity contribution in [2.45, 2.75) is 58.8 Å². The molecule has 43 heavy (non-hydrogen) atoms. The summed E-state index contributed by atoms with van der Waals surface area (Å²) in [6, 6.07) is 43.9. The molecule has 1 aliphatic rings.